The summed E-state index contributed by atoms with van der Waals surface area (Å²) in [5, 5.41) is 5.36. The van der Waals surface area contributed by atoms with Crippen LogP contribution in [0.3, 0.4) is 0 Å². The van der Waals surface area contributed by atoms with E-state index in [1.54, 1.807) is 24.3 Å². The molecule has 144 valence electrons. The van der Waals surface area contributed by atoms with Crippen LogP contribution in [0.2, 0.25) is 0 Å². The van der Waals surface area contributed by atoms with Gasteiger partial charge in [0.25, 0.3) is 5.91 Å². The van der Waals surface area contributed by atoms with Crippen LogP contribution in [0.4, 0.5) is 25.8 Å². The van der Waals surface area contributed by atoms with Crippen LogP contribution < -0.4 is 15.4 Å². The van der Waals surface area contributed by atoms with Crippen molar-refractivity contribution < 1.29 is 18.3 Å². The highest BCUT2D eigenvalue weighted by Gasteiger charge is 2.11. The molecule has 0 aliphatic rings. The average Bonchev–Trinajstić information content (AvgIpc) is 2.66. The second-order valence-corrected chi connectivity index (χ2v) is 6.33. The molecule has 0 aliphatic heterocycles. The van der Waals surface area contributed by atoms with Gasteiger partial charge in [0.2, 0.25) is 0 Å². The normalized spacial score (nSPS) is 10.6. The summed E-state index contributed by atoms with van der Waals surface area (Å²) in [5.41, 5.74) is 0.809. The molecular formula is C21H19F2N3O2. The van der Waals surface area contributed by atoms with Gasteiger partial charge in [-0.2, -0.15) is 0 Å². The summed E-state index contributed by atoms with van der Waals surface area (Å²) in [5.74, 6) is -1.17. The highest BCUT2D eigenvalue weighted by Crippen LogP contribution is 2.23. The predicted octanol–water partition coefficient (Wildman–Crippen LogP) is 5.14. The van der Waals surface area contributed by atoms with Gasteiger partial charge in [0.15, 0.2) is 0 Å². The summed E-state index contributed by atoms with van der Waals surface area (Å²) in [7, 11) is 0. The summed E-state index contributed by atoms with van der Waals surface area (Å²) < 4.78 is 33.1. The smallest absolute Gasteiger partial charge is 0.257 e. The van der Waals surface area contributed by atoms with Crippen molar-refractivity contribution in [2.45, 2.75) is 20.0 Å². The van der Waals surface area contributed by atoms with Gasteiger partial charge in [0, 0.05) is 11.9 Å². The molecule has 0 saturated carbocycles. The van der Waals surface area contributed by atoms with Crippen LogP contribution in [0.5, 0.6) is 5.75 Å². The lowest BCUT2D eigenvalue weighted by Crippen LogP contribution is -2.12. The molecule has 2 N–H and O–H groups in total. The lowest BCUT2D eigenvalue weighted by molar-refractivity contribution is 0.102. The van der Waals surface area contributed by atoms with Gasteiger partial charge >= 0.3 is 0 Å². The number of amides is 1. The van der Waals surface area contributed by atoms with Crippen LogP contribution >= 0.6 is 0 Å². The van der Waals surface area contributed by atoms with Crippen LogP contribution in [0, 0.1) is 11.6 Å². The summed E-state index contributed by atoms with van der Waals surface area (Å²) >= 11 is 0. The Morgan fingerprint density at radius 2 is 1.68 bits per heavy atom. The quantitative estimate of drug-likeness (QED) is 0.618. The molecule has 1 heterocycles. The minimum atomic E-state index is -0.737. The number of hydrogen-bond donors (Lipinski definition) is 2. The topological polar surface area (TPSA) is 63.2 Å². The molecule has 0 saturated heterocycles. The zero-order valence-corrected chi connectivity index (χ0v) is 15.4. The Morgan fingerprint density at radius 3 is 2.32 bits per heavy atom. The lowest BCUT2D eigenvalue weighted by Gasteiger charge is -2.11. The molecule has 3 aromatic rings. The molecule has 28 heavy (non-hydrogen) atoms. The molecule has 3 rings (SSSR count). The maximum absolute atomic E-state index is 13.8. The van der Waals surface area contributed by atoms with Gasteiger partial charge in [0.1, 0.15) is 23.1 Å². The third kappa shape index (κ3) is 4.82. The predicted molar refractivity (Wildman–Crippen MR) is 104 cm³/mol. The molecule has 0 fully saturated rings. The van der Waals surface area contributed by atoms with E-state index in [0.717, 1.165) is 12.1 Å². The van der Waals surface area contributed by atoms with Crippen molar-refractivity contribution in [3.63, 3.8) is 0 Å². The Labute approximate surface area is 161 Å². The van der Waals surface area contributed by atoms with E-state index in [2.05, 4.69) is 15.6 Å². The maximum atomic E-state index is 13.8. The number of pyridine rings is 1. The number of nitrogens with one attached hydrogen (secondary N) is 2. The van der Waals surface area contributed by atoms with Crippen molar-refractivity contribution >= 4 is 23.0 Å². The van der Waals surface area contributed by atoms with E-state index < -0.39 is 17.5 Å². The Balaban J connectivity index is 1.72. The number of benzene rings is 2. The van der Waals surface area contributed by atoms with Crippen molar-refractivity contribution in [1.29, 1.82) is 0 Å². The fourth-order valence-corrected chi connectivity index (χ4v) is 2.49. The molecule has 0 unspecified atom stereocenters. The average molecular weight is 383 g/mol. The molecular weight excluding hydrogens is 364 g/mol. The van der Waals surface area contributed by atoms with Crippen molar-refractivity contribution in [3.8, 4) is 5.75 Å². The van der Waals surface area contributed by atoms with E-state index in [1.165, 1.54) is 24.5 Å². The first kappa shape index (κ1) is 19.3. The molecule has 0 atom stereocenters. The summed E-state index contributed by atoms with van der Waals surface area (Å²) in [6, 6.07) is 12.0. The summed E-state index contributed by atoms with van der Waals surface area (Å²) in [4.78, 5) is 16.4. The Hall–Kier alpha value is -3.48. The monoisotopic (exact) mass is 383 g/mol. The van der Waals surface area contributed by atoms with E-state index in [9.17, 15) is 13.6 Å². The van der Waals surface area contributed by atoms with Crippen molar-refractivity contribution in [3.05, 3.63) is 78.1 Å². The van der Waals surface area contributed by atoms with E-state index in [1.807, 2.05) is 13.8 Å². The largest absolute Gasteiger partial charge is 0.491 e. The van der Waals surface area contributed by atoms with Crippen LogP contribution in [-0.4, -0.2) is 17.0 Å². The molecule has 0 radical (unpaired) electrons. The second-order valence-electron chi connectivity index (χ2n) is 6.33. The first-order chi connectivity index (χ1) is 13.4. The van der Waals surface area contributed by atoms with Crippen LogP contribution in [0.15, 0.2) is 60.9 Å². The SMILES string of the molecule is CC(C)Oc1ccc(NC(=O)c2cncc(Nc3c(F)cccc3F)c2)cc1. The Morgan fingerprint density at radius 1 is 1.00 bits per heavy atom. The third-order valence-electron chi connectivity index (χ3n) is 3.72. The zero-order valence-electron chi connectivity index (χ0n) is 15.4. The van der Waals surface area contributed by atoms with Gasteiger partial charge in [-0.3, -0.25) is 9.78 Å². The molecule has 0 aliphatic carbocycles. The van der Waals surface area contributed by atoms with E-state index in [-0.39, 0.29) is 23.0 Å². The first-order valence-electron chi connectivity index (χ1n) is 8.66. The fourth-order valence-electron chi connectivity index (χ4n) is 2.49. The third-order valence-corrected chi connectivity index (χ3v) is 3.72. The second kappa shape index (κ2) is 8.47. The summed E-state index contributed by atoms with van der Waals surface area (Å²) in [6.07, 6.45) is 2.80. The lowest BCUT2D eigenvalue weighted by atomic mass is 10.2. The minimum Gasteiger partial charge on any atom is -0.491 e. The first-order valence-corrected chi connectivity index (χ1v) is 8.66. The van der Waals surface area contributed by atoms with Crippen molar-refractivity contribution in [1.82, 2.24) is 4.98 Å². The number of halogens is 2. The van der Waals surface area contributed by atoms with Gasteiger partial charge in [-0.25, -0.2) is 8.78 Å². The van der Waals surface area contributed by atoms with E-state index in [4.69, 9.17) is 4.74 Å². The molecule has 5 nitrogen and oxygen atoms in total. The molecule has 1 amide bonds. The van der Waals surface area contributed by atoms with Gasteiger partial charge < -0.3 is 15.4 Å². The standard InChI is InChI=1S/C21H19F2N3O2/c1-13(2)28-17-8-6-15(7-9-17)26-21(27)14-10-16(12-24-11-14)25-20-18(22)4-3-5-19(20)23/h3-13,25H,1-2H3,(H,26,27). The Bertz CT molecular complexity index is 955. The molecule has 2 aromatic carbocycles. The summed E-state index contributed by atoms with van der Waals surface area (Å²) in [6.45, 7) is 3.85. The number of carbonyl (C=O) groups excluding carboxylic acids is 1. The van der Waals surface area contributed by atoms with Crippen molar-refractivity contribution in [2.75, 3.05) is 10.6 Å². The number of carbonyl (C=O) groups is 1. The number of rotatable bonds is 6. The van der Waals surface area contributed by atoms with Crippen LogP contribution in [0.1, 0.15) is 24.2 Å². The van der Waals surface area contributed by atoms with E-state index >= 15 is 0 Å². The van der Waals surface area contributed by atoms with Gasteiger partial charge in [-0.1, -0.05) is 6.07 Å². The number of ether oxygens (including phenoxy) is 1. The van der Waals surface area contributed by atoms with E-state index in [0.29, 0.717) is 11.4 Å². The van der Waals surface area contributed by atoms with Crippen molar-refractivity contribution in [2.24, 2.45) is 0 Å². The molecule has 1 aromatic heterocycles. The van der Waals surface area contributed by atoms with Gasteiger partial charge in [-0.15, -0.1) is 0 Å². The molecule has 0 bridgehead atoms. The van der Waals surface area contributed by atoms with Crippen LogP contribution in [-0.2, 0) is 0 Å². The highest BCUT2D eigenvalue weighted by atomic mass is 19.1. The number of anilines is 3. The maximum Gasteiger partial charge on any atom is 0.257 e. The fraction of sp³-hybridized carbons (Fsp3) is 0.143. The van der Waals surface area contributed by atoms with Gasteiger partial charge in [-0.05, 0) is 56.3 Å². The number of aromatic nitrogens is 1. The van der Waals surface area contributed by atoms with Gasteiger partial charge in [0.05, 0.1) is 23.6 Å². The number of hydrogen-bond acceptors (Lipinski definition) is 4. The molecule has 0 spiro atoms. The number of para-hydroxylation sites is 1. The molecule has 7 heteroatoms. The highest BCUT2D eigenvalue weighted by molar-refractivity contribution is 6.04. The Kier molecular flexibility index (Phi) is 5.84. The number of nitrogens with zero attached hydrogens (tertiary/aromatic N) is 1. The minimum absolute atomic E-state index is 0.0565. The van der Waals surface area contributed by atoms with Crippen LogP contribution in [0.25, 0.3) is 0 Å². The zero-order chi connectivity index (χ0) is 20.1.